The summed E-state index contributed by atoms with van der Waals surface area (Å²) in [6.07, 6.45) is 0.539. The molecule has 21 heavy (non-hydrogen) atoms. The second kappa shape index (κ2) is 5.96. The third-order valence-electron chi connectivity index (χ3n) is 2.98. The van der Waals surface area contributed by atoms with E-state index < -0.39 is 0 Å². The topological polar surface area (TPSA) is 110 Å². The molecule has 6 nitrogen and oxygen atoms in total. The summed E-state index contributed by atoms with van der Waals surface area (Å²) in [5.74, 6) is -0.317. The number of nitrogen functional groups attached to an aromatic ring is 2. The summed E-state index contributed by atoms with van der Waals surface area (Å²) in [6, 6.07) is 10.0. The monoisotopic (exact) mass is 284 g/mol. The fourth-order valence-electron chi connectivity index (χ4n) is 1.92. The number of carbonyl (C=O) groups excluding carboxylic acids is 2. The molecule has 0 spiro atoms. The van der Waals surface area contributed by atoms with Crippen LogP contribution in [0.2, 0.25) is 0 Å². The molecule has 0 saturated heterocycles. The SMILES string of the molecule is Cc1ccc(C(=O)Nc2ccc(NC=O)c(N)c2)c(N)c1. The van der Waals surface area contributed by atoms with E-state index in [1.54, 1.807) is 30.3 Å². The average Bonchev–Trinajstić information content (AvgIpc) is 2.41. The third-order valence-corrected chi connectivity index (χ3v) is 2.98. The Morgan fingerprint density at radius 1 is 1.10 bits per heavy atom. The lowest BCUT2D eigenvalue weighted by Gasteiger charge is -2.10. The minimum Gasteiger partial charge on any atom is -0.398 e. The Kier molecular flexibility index (Phi) is 4.08. The number of hydrogen-bond acceptors (Lipinski definition) is 4. The molecule has 6 heteroatoms. The van der Waals surface area contributed by atoms with E-state index >= 15 is 0 Å². The number of carbonyl (C=O) groups is 2. The van der Waals surface area contributed by atoms with Crippen LogP contribution in [0, 0.1) is 6.92 Å². The van der Waals surface area contributed by atoms with Crippen molar-refractivity contribution in [1.82, 2.24) is 0 Å². The van der Waals surface area contributed by atoms with Gasteiger partial charge in [-0.2, -0.15) is 0 Å². The Hall–Kier alpha value is -3.02. The molecule has 2 aromatic carbocycles. The van der Waals surface area contributed by atoms with Crippen LogP contribution in [0.15, 0.2) is 36.4 Å². The third kappa shape index (κ3) is 3.30. The van der Waals surface area contributed by atoms with E-state index in [1.807, 2.05) is 13.0 Å². The average molecular weight is 284 g/mol. The Morgan fingerprint density at radius 2 is 1.86 bits per heavy atom. The molecule has 108 valence electrons. The standard InChI is InChI=1S/C15H16N4O2/c1-9-2-4-11(12(16)6-9)15(21)19-10-3-5-14(18-8-20)13(17)7-10/h2-8H,16-17H2,1H3,(H,18,20)(H,19,21). The number of aryl methyl sites for hydroxylation is 1. The van der Waals surface area contributed by atoms with Gasteiger partial charge in [0.25, 0.3) is 5.91 Å². The maximum atomic E-state index is 12.2. The number of hydrogen-bond donors (Lipinski definition) is 4. The number of anilines is 4. The molecule has 0 aliphatic rings. The van der Waals surface area contributed by atoms with Gasteiger partial charge < -0.3 is 22.1 Å². The molecule has 6 N–H and O–H groups in total. The maximum Gasteiger partial charge on any atom is 0.257 e. The molecule has 0 aromatic heterocycles. The summed E-state index contributed by atoms with van der Waals surface area (Å²) in [7, 11) is 0. The van der Waals surface area contributed by atoms with Crippen molar-refractivity contribution in [2.75, 3.05) is 22.1 Å². The van der Waals surface area contributed by atoms with Gasteiger partial charge in [0.1, 0.15) is 0 Å². The van der Waals surface area contributed by atoms with Crippen LogP contribution in [-0.4, -0.2) is 12.3 Å². The highest BCUT2D eigenvalue weighted by atomic mass is 16.1. The minimum atomic E-state index is -0.317. The summed E-state index contributed by atoms with van der Waals surface area (Å²) >= 11 is 0. The zero-order chi connectivity index (χ0) is 15.4. The molecule has 0 saturated carbocycles. The van der Waals surface area contributed by atoms with E-state index in [-0.39, 0.29) is 5.91 Å². The van der Waals surface area contributed by atoms with E-state index in [1.165, 1.54) is 0 Å². The summed E-state index contributed by atoms with van der Waals surface area (Å²) in [6.45, 7) is 1.90. The van der Waals surface area contributed by atoms with E-state index in [9.17, 15) is 9.59 Å². The zero-order valence-electron chi connectivity index (χ0n) is 11.5. The molecule has 2 rings (SSSR count). The van der Waals surface area contributed by atoms with Crippen molar-refractivity contribution in [2.45, 2.75) is 6.92 Å². The van der Waals surface area contributed by atoms with Crippen molar-refractivity contribution in [3.63, 3.8) is 0 Å². The number of benzene rings is 2. The van der Waals surface area contributed by atoms with Crippen molar-refractivity contribution in [2.24, 2.45) is 0 Å². The smallest absolute Gasteiger partial charge is 0.257 e. The first kappa shape index (κ1) is 14.4. The van der Waals surface area contributed by atoms with Crippen molar-refractivity contribution < 1.29 is 9.59 Å². The molecule has 0 unspecified atom stereocenters. The van der Waals surface area contributed by atoms with Gasteiger partial charge in [-0.25, -0.2) is 0 Å². The molecule has 2 amide bonds. The first-order valence-electron chi connectivity index (χ1n) is 6.28. The maximum absolute atomic E-state index is 12.2. The van der Waals surface area contributed by atoms with Crippen molar-refractivity contribution in [3.05, 3.63) is 47.5 Å². The predicted molar refractivity (Wildman–Crippen MR) is 84.1 cm³/mol. The predicted octanol–water partition coefficient (Wildman–Crippen LogP) is 1.98. The molecule has 2 aromatic rings. The van der Waals surface area contributed by atoms with Crippen LogP contribution in [0.4, 0.5) is 22.7 Å². The molecule has 0 heterocycles. The van der Waals surface area contributed by atoms with Crippen LogP contribution in [0.5, 0.6) is 0 Å². The molecule has 0 bridgehead atoms. The Labute approximate surface area is 122 Å². The first-order chi connectivity index (χ1) is 10.0. The van der Waals surface area contributed by atoms with Crippen LogP contribution in [-0.2, 0) is 4.79 Å². The zero-order valence-corrected chi connectivity index (χ0v) is 11.5. The highest BCUT2D eigenvalue weighted by Crippen LogP contribution is 2.23. The lowest BCUT2D eigenvalue weighted by molar-refractivity contribution is -0.105. The highest BCUT2D eigenvalue weighted by molar-refractivity contribution is 6.08. The van der Waals surface area contributed by atoms with E-state index in [4.69, 9.17) is 11.5 Å². The van der Waals surface area contributed by atoms with Gasteiger partial charge in [-0.1, -0.05) is 6.07 Å². The van der Waals surface area contributed by atoms with Gasteiger partial charge in [-0.3, -0.25) is 9.59 Å². The molecule has 0 aliphatic carbocycles. The lowest BCUT2D eigenvalue weighted by atomic mass is 10.1. The van der Waals surface area contributed by atoms with E-state index in [0.29, 0.717) is 34.7 Å². The highest BCUT2D eigenvalue weighted by Gasteiger charge is 2.10. The van der Waals surface area contributed by atoms with Gasteiger partial charge in [0, 0.05) is 11.4 Å². The van der Waals surface area contributed by atoms with Gasteiger partial charge in [-0.15, -0.1) is 0 Å². The van der Waals surface area contributed by atoms with E-state index in [2.05, 4.69) is 10.6 Å². The molecular weight excluding hydrogens is 268 g/mol. The molecule has 0 radical (unpaired) electrons. The Morgan fingerprint density at radius 3 is 2.48 bits per heavy atom. The normalized spacial score (nSPS) is 9.95. The van der Waals surface area contributed by atoms with Gasteiger partial charge in [-0.05, 0) is 42.8 Å². The van der Waals surface area contributed by atoms with Crippen molar-refractivity contribution >= 4 is 35.1 Å². The number of amides is 2. The molecular formula is C15H16N4O2. The Bertz CT molecular complexity index is 698. The quantitative estimate of drug-likeness (QED) is 0.508. The lowest BCUT2D eigenvalue weighted by Crippen LogP contribution is -2.14. The summed E-state index contributed by atoms with van der Waals surface area (Å²) in [4.78, 5) is 22.6. The summed E-state index contributed by atoms with van der Waals surface area (Å²) < 4.78 is 0. The molecule has 0 fully saturated rings. The first-order valence-corrected chi connectivity index (χ1v) is 6.28. The van der Waals surface area contributed by atoms with Crippen LogP contribution in [0.1, 0.15) is 15.9 Å². The van der Waals surface area contributed by atoms with Gasteiger partial charge >= 0.3 is 0 Å². The number of rotatable bonds is 4. The fourth-order valence-corrected chi connectivity index (χ4v) is 1.92. The van der Waals surface area contributed by atoms with Gasteiger partial charge in [0.05, 0.1) is 16.9 Å². The minimum absolute atomic E-state index is 0.317. The summed E-state index contributed by atoms with van der Waals surface area (Å²) in [5, 5.41) is 5.18. The van der Waals surface area contributed by atoms with Gasteiger partial charge in [0.15, 0.2) is 0 Å². The van der Waals surface area contributed by atoms with Crippen LogP contribution in [0.25, 0.3) is 0 Å². The number of nitrogens with one attached hydrogen (secondary N) is 2. The number of nitrogens with two attached hydrogens (primary N) is 2. The molecule has 0 atom stereocenters. The second-order valence-electron chi connectivity index (χ2n) is 4.61. The van der Waals surface area contributed by atoms with E-state index in [0.717, 1.165) is 5.56 Å². The molecule has 0 aliphatic heterocycles. The second-order valence-corrected chi connectivity index (χ2v) is 4.61. The summed E-state index contributed by atoms with van der Waals surface area (Å²) in [5.41, 5.74) is 14.8. The fraction of sp³-hybridized carbons (Fsp3) is 0.0667. The largest absolute Gasteiger partial charge is 0.398 e. The van der Waals surface area contributed by atoms with Crippen LogP contribution in [0.3, 0.4) is 0 Å². The van der Waals surface area contributed by atoms with Gasteiger partial charge in [0.2, 0.25) is 6.41 Å². The van der Waals surface area contributed by atoms with Crippen LogP contribution >= 0.6 is 0 Å². The van der Waals surface area contributed by atoms with Crippen molar-refractivity contribution in [3.8, 4) is 0 Å². The Balaban J connectivity index is 2.19. The van der Waals surface area contributed by atoms with Crippen LogP contribution < -0.4 is 22.1 Å². The van der Waals surface area contributed by atoms with Crippen molar-refractivity contribution in [1.29, 1.82) is 0 Å².